The number of halogens is 2. The average molecular weight is 231 g/mol. The van der Waals surface area contributed by atoms with Crippen molar-refractivity contribution in [2.75, 3.05) is 0 Å². The lowest BCUT2D eigenvalue weighted by Crippen LogP contribution is -2.29. The number of rotatable bonds is 0. The van der Waals surface area contributed by atoms with Gasteiger partial charge in [-0.2, -0.15) is 0 Å². The minimum absolute atomic E-state index is 0.0528. The van der Waals surface area contributed by atoms with Crippen LogP contribution < -0.4 is 0 Å². The third-order valence-corrected chi connectivity index (χ3v) is 2.22. The Labute approximate surface area is 88.6 Å². The van der Waals surface area contributed by atoms with Gasteiger partial charge in [0.25, 0.3) is 5.91 Å². The molecule has 0 fully saturated rings. The highest BCUT2D eigenvalue weighted by atomic mass is 35.5. The molecule has 15 heavy (non-hydrogen) atoms. The van der Waals surface area contributed by atoms with Crippen LogP contribution in [0.1, 0.15) is 15.9 Å². The van der Waals surface area contributed by atoms with Gasteiger partial charge in [-0.1, -0.05) is 0 Å². The molecule has 5 nitrogen and oxygen atoms in total. The Bertz CT molecular complexity index is 452. The largest absolute Gasteiger partial charge is 0.435 e. The Morgan fingerprint density at radius 1 is 1.60 bits per heavy atom. The van der Waals surface area contributed by atoms with Gasteiger partial charge in [0.05, 0.1) is 18.3 Å². The quantitative estimate of drug-likeness (QED) is 0.677. The maximum absolute atomic E-state index is 13.2. The Hall–Kier alpha value is -1.69. The second-order valence-electron chi connectivity index (χ2n) is 2.88. The van der Waals surface area contributed by atoms with Crippen LogP contribution in [0.3, 0.4) is 0 Å². The van der Waals surface area contributed by atoms with E-state index in [9.17, 15) is 14.0 Å². The first kappa shape index (κ1) is 9.85. The van der Waals surface area contributed by atoms with Crippen LogP contribution in [0.5, 0.6) is 0 Å². The van der Waals surface area contributed by atoms with E-state index in [1.807, 2.05) is 0 Å². The summed E-state index contributed by atoms with van der Waals surface area (Å²) in [4.78, 5) is 26.7. The third kappa shape index (κ3) is 1.42. The Kier molecular flexibility index (Phi) is 2.28. The zero-order valence-corrected chi connectivity index (χ0v) is 7.99. The Balaban J connectivity index is 2.41. The van der Waals surface area contributed by atoms with Crippen molar-refractivity contribution in [2.45, 2.75) is 6.54 Å². The number of carbonyl (C=O) groups excluding carboxylic acids is 2. The third-order valence-electron chi connectivity index (χ3n) is 2.08. The van der Waals surface area contributed by atoms with Crippen molar-refractivity contribution in [3.8, 4) is 0 Å². The van der Waals surface area contributed by atoms with Crippen LogP contribution in [0.4, 0.5) is 9.18 Å². The molecule has 0 saturated carbocycles. The second-order valence-corrected chi connectivity index (χ2v) is 3.04. The number of aromatic nitrogens is 1. The summed E-state index contributed by atoms with van der Waals surface area (Å²) in [5.41, 5.74) is 0.175. The molecule has 0 N–H and O–H groups in total. The number of hydrogen-bond acceptors (Lipinski definition) is 4. The molecule has 0 bridgehead atoms. The molecule has 0 radical (unpaired) electrons. The van der Waals surface area contributed by atoms with E-state index >= 15 is 0 Å². The molecule has 7 heteroatoms. The summed E-state index contributed by atoms with van der Waals surface area (Å²) < 4.78 is 17.0. The van der Waals surface area contributed by atoms with Gasteiger partial charge in [-0.05, 0) is 0 Å². The molecule has 1 aromatic rings. The molecule has 0 spiro atoms. The van der Waals surface area contributed by atoms with Gasteiger partial charge < -0.3 is 4.29 Å². The van der Waals surface area contributed by atoms with Crippen LogP contribution in [0, 0.1) is 5.82 Å². The number of fused-ring (bicyclic) bond motifs is 1. The van der Waals surface area contributed by atoms with E-state index < -0.39 is 17.8 Å². The molecule has 78 valence electrons. The predicted molar refractivity (Wildman–Crippen MR) is 46.4 cm³/mol. The van der Waals surface area contributed by atoms with Gasteiger partial charge in [-0.3, -0.25) is 9.78 Å². The average Bonchev–Trinajstić information content (AvgIpc) is 2.57. The van der Waals surface area contributed by atoms with Crippen LogP contribution in [0.15, 0.2) is 12.4 Å². The summed E-state index contributed by atoms with van der Waals surface area (Å²) in [6.07, 6.45) is 1.14. The molecule has 2 rings (SSSR count). The van der Waals surface area contributed by atoms with E-state index in [-0.39, 0.29) is 17.7 Å². The first-order valence-corrected chi connectivity index (χ1v) is 4.23. The normalized spacial score (nSPS) is 14.0. The van der Waals surface area contributed by atoms with Gasteiger partial charge in [0, 0.05) is 11.8 Å². The molecule has 0 atom stereocenters. The number of pyridine rings is 1. The number of nitrogens with zero attached hydrogens (tertiary/aromatic N) is 2. The lowest BCUT2D eigenvalue weighted by Gasteiger charge is -2.08. The van der Waals surface area contributed by atoms with Crippen LogP contribution >= 0.6 is 11.9 Å². The topological polar surface area (TPSA) is 59.5 Å². The number of carbonyl (C=O) groups is 2. The van der Waals surface area contributed by atoms with Crippen molar-refractivity contribution in [3.63, 3.8) is 0 Å². The van der Waals surface area contributed by atoms with Crippen molar-refractivity contribution in [1.29, 1.82) is 0 Å². The number of imide groups is 1. The van der Waals surface area contributed by atoms with Gasteiger partial charge in [0.15, 0.2) is 0 Å². The fourth-order valence-corrected chi connectivity index (χ4v) is 1.45. The predicted octanol–water partition coefficient (Wildman–Crippen LogP) is 1.47. The molecule has 0 aliphatic carbocycles. The summed E-state index contributed by atoms with van der Waals surface area (Å²) in [7, 11) is 0. The monoisotopic (exact) mass is 230 g/mol. The van der Waals surface area contributed by atoms with E-state index in [1.54, 1.807) is 0 Å². The summed E-state index contributed by atoms with van der Waals surface area (Å²) in [5.74, 6) is -1.30. The van der Waals surface area contributed by atoms with Crippen LogP contribution in [-0.2, 0) is 10.8 Å². The summed E-state index contributed by atoms with van der Waals surface area (Å²) in [6.45, 7) is -0.186. The van der Waals surface area contributed by atoms with E-state index in [0.29, 0.717) is 4.90 Å². The maximum Gasteiger partial charge on any atom is 0.435 e. The molecule has 2 amide bonds. The van der Waals surface area contributed by atoms with Gasteiger partial charge in [0.1, 0.15) is 17.7 Å². The molecular weight excluding hydrogens is 227 g/mol. The highest BCUT2D eigenvalue weighted by Gasteiger charge is 2.35. The molecule has 0 saturated heterocycles. The van der Waals surface area contributed by atoms with Crippen LogP contribution in [0.25, 0.3) is 0 Å². The fraction of sp³-hybridized carbons (Fsp3) is 0.125. The lowest BCUT2D eigenvalue weighted by atomic mass is 10.2. The van der Waals surface area contributed by atoms with Gasteiger partial charge >= 0.3 is 6.09 Å². The van der Waals surface area contributed by atoms with Crippen molar-refractivity contribution in [1.82, 2.24) is 9.88 Å². The first-order chi connectivity index (χ1) is 7.15. The standard InChI is InChI=1S/C8H4ClFN2O3/c9-15-8(14)12-3-5-4(7(12)13)1-11-2-6(5)10/h1-2H,3H2. The minimum atomic E-state index is -1.03. The van der Waals surface area contributed by atoms with Gasteiger partial charge in [-0.25, -0.2) is 14.1 Å². The van der Waals surface area contributed by atoms with E-state index in [2.05, 4.69) is 9.27 Å². The molecule has 0 unspecified atom stereocenters. The molecule has 2 heterocycles. The Morgan fingerprint density at radius 3 is 2.93 bits per heavy atom. The Morgan fingerprint density at radius 2 is 2.33 bits per heavy atom. The molecule has 1 aliphatic rings. The van der Waals surface area contributed by atoms with Crippen molar-refractivity contribution < 1.29 is 18.3 Å². The molecule has 1 aliphatic heterocycles. The van der Waals surface area contributed by atoms with Crippen molar-refractivity contribution >= 4 is 23.9 Å². The first-order valence-electron chi connectivity index (χ1n) is 3.92. The zero-order chi connectivity index (χ0) is 11.0. The van der Waals surface area contributed by atoms with Crippen molar-refractivity contribution in [2.24, 2.45) is 0 Å². The smallest absolute Gasteiger partial charge is 0.330 e. The molecular formula is C8H4ClFN2O3. The zero-order valence-electron chi connectivity index (χ0n) is 7.24. The SMILES string of the molecule is O=C(OCl)N1Cc2c(F)cncc2C1=O. The summed E-state index contributed by atoms with van der Waals surface area (Å²) in [6, 6.07) is 0. The molecule has 1 aromatic heterocycles. The minimum Gasteiger partial charge on any atom is -0.330 e. The fourth-order valence-electron chi connectivity index (χ4n) is 1.37. The van der Waals surface area contributed by atoms with E-state index in [1.165, 1.54) is 6.20 Å². The van der Waals surface area contributed by atoms with Gasteiger partial charge in [0.2, 0.25) is 0 Å². The molecule has 0 aromatic carbocycles. The maximum atomic E-state index is 13.2. The number of amides is 2. The summed E-state index contributed by atoms with van der Waals surface area (Å²) >= 11 is 4.83. The number of hydrogen-bond donors (Lipinski definition) is 0. The highest BCUT2D eigenvalue weighted by Crippen LogP contribution is 2.24. The van der Waals surface area contributed by atoms with Crippen LogP contribution in [0.2, 0.25) is 0 Å². The van der Waals surface area contributed by atoms with Crippen LogP contribution in [-0.4, -0.2) is 21.9 Å². The van der Waals surface area contributed by atoms with E-state index in [4.69, 9.17) is 11.9 Å². The highest BCUT2D eigenvalue weighted by molar-refractivity contribution is 6.16. The lowest BCUT2D eigenvalue weighted by molar-refractivity contribution is 0.0778. The summed E-state index contributed by atoms with van der Waals surface area (Å²) in [5, 5.41) is 0. The van der Waals surface area contributed by atoms with Crippen molar-refractivity contribution in [3.05, 3.63) is 29.3 Å². The second kappa shape index (κ2) is 3.47. The van der Waals surface area contributed by atoms with E-state index in [0.717, 1.165) is 6.20 Å². The van der Waals surface area contributed by atoms with Gasteiger partial charge in [-0.15, -0.1) is 0 Å².